The maximum atomic E-state index is 12.9. The number of benzene rings is 2. The Labute approximate surface area is 227 Å². The summed E-state index contributed by atoms with van der Waals surface area (Å²) < 4.78 is 25.4. The zero-order valence-electron chi connectivity index (χ0n) is 22.3. The summed E-state index contributed by atoms with van der Waals surface area (Å²) in [6.45, 7) is 8.02. The number of allylic oxidation sites excluding steroid dienone is 2. The molecular formula is C30H40N2O3S2. The normalized spacial score (nSPS) is 16.5. The summed E-state index contributed by atoms with van der Waals surface area (Å²) in [4.78, 5) is 17.4. The quantitative estimate of drug-likeness (QED) is 0.388. The first kappa shape index (κ1) is 29.2. The Morgan fingerprint density at radius 2 is 1.70 bits per heavy atom. The third kappa shape index (κ3) is 8.87. The fourth-order valence-corrected chi connectivity index (χ4v) is 6.67. The molecule has 0 N–H and O–H groups in total. The molecule has 0 radical (unpaired) electrons. The smallest absolute Gasteiger partial charge is 0.253 e. The average Bonchev–Trinajstić information content (AvgIpc) is 2.94. The van der Waals surface area contributed by atoms with E-state index in [1.165, 1.54) is 18.4 Å². The Morgan fingerprint density at radius 1 is 1.03 bits per heavy atom. The van der Waals surface area contributed by atoms with E-state index in [-0.39, 0.29) is 16.6 Å². The Kier molecular flexibility index (Phi) is 11.5. The van der Waals surface area contributed by atoms with Crippen molar-refractivity contribution in [3.8, 4) is 0 Å². The maximum Gasteiger partial charge on any atom is 0.253 e. The Morgan fingerprint density at radius 3 is 2.32 bits per heavy atom. The van der Waals surface area contributed by atoms with Crippen LogP contribution in [-0.2, 0) is 15.6 Å². The molecule has 2 aromatic carbocycles. The fraction of sp³-hybridized carbons (Fsp3) is 0.433. The predicted molar refractivity (Wildman–Crippen MR) is 156 cm³/mol. The van der Waals surface area contributed by atoms with Gasteiger partial charge in [0.2, 0.25) is 0 Å². The second kappa shape index (κ2) is 14.6. The number of thioether (sulfide) groups is 1. The van der Waals surface area contributed by atoms with Crippen LogP contribution in [0, 0.1) is 5.92 Å². The topological polar surface area (TPSA) is 57.7 Å². The minimum atomic E-state index is -3.45. The molecule has 1 saturated heterocycles. The highest BCUT2D eigenvalue weighted by Gasteiger charge is 2.22. The first-order valence-corrected chi connectivity index (χ1v) is 15.9. The minimum Gasteiger partial charge on any atom is -0.342 e. The lowest BCUT2D eigenvalue weighted by Crippen LogP contribution is -2.37. The second-order valence-electron chi connectivity index (χ2n) is 9.47. The predicted octanol–water partition coefficient (Wildman–Crippen LogP) is 6.05. The van der Waals surface area contributed by atoms with Crippen LogP contribution in [-0.4, -0.2) is 63.1 Å². The van der Waals surface area contributed by atoms with E-state index in [1.54, 1.807) is 41.3 Å². The van der Waals surface area contributed by atoms with E-state index in [2.05, 4.69) is 22.5 Å². The van der Waals surface area contributed by atoms with Gasteiger partial charge < -0.3 is 4.90 Å². The van der Waals surface area contributed by atoms with Crippen molar-refractivity contribution in [1.82, 2.24) is 9.80 Å². The summed E-state index contributed by atoms with van der Waals surface area (Å²) in [6, 6.07) is 15.5. The van der Waals surface area contributed by atoms with Crippen molar-refractivity contribution in [1.29, 1.82) is 0 Å². The summed E-state index contributed by atoms with van der Waals surface area (Å²) in [5.41, 5.74) is 2.77. The van der Waals surface area contributed by atoms with Gasteiger partial charge in [0.25, 0.3) is 5.91 Å². The molecule has 0 aromatic heterocycles. The number of sulfone groups is 1. The van der Waals surface area contributed by atoms with Gasteiger partial charge in [0.15, 0.2) is 9.84 Å². The standard InChI is InChI=1S/C28H34N2O3S2.C2H6/c1-29(16-13-23-14-17-30(18-15-23)20-25-8-5-19-34-21-25)28(31)26-9-11-27(12-10-26)35(32,33)22-24-6-3-2-4-7-24;1-2/h2-12,19,23H,13-18,20-22H2,1H3;1-2H3. The third-order valence-corrected chi connectivity index (χ3v) is 9.38. The highest BCUT2D eigenvalue weighted by Crippen LogP contribution is 2.24. The van der Waals surface area contributed by atoms with Gasteiger partial charge in [-0.15, -0.1) is 11.8 Å². The van der Waals surface area contributed by atoms with Crippen LogP contribution in [0.25, 0.3) is 0 Å². The lowest BCUT2D eigenvalue weighted by molar-refractivity contribution is 0.0778. The van der Waals surface area contributed by atoms with E-state index in [1.807, 2.05) is 50.9 Å². The number of hydrogen-bond acceptors (Lipinski definition) is 5. The van der Waals surface area contributed by atoms with Gasteiger partial charge in [-0.2, -0.15) is 0 Å². The van der Waals surface area contributed by atoms with Crippen LogP contribution in [0.15, 0.2) is 82.6 Å². The molecule has 2 heterocycles. The number of amides is 1. The lowest BCUT2D eigenvalue weighted by Gasteiger charge is -2.33. The van der Waals surface area contributed by atoms with Crippen molar-refractivity contribution in [3.05, 3.63) is 88.9 Å². The van der Waals surface area contributed by atoms with Crippen LogP contribution in [0.4, 0.5) is 0 Å². The largest absolute Gasteiger partial charge is 0.342 e. The van der Waals surface area contributed by atoms with Gasteiger partial charge in [-0.3, -0.25) is 9.69 Å². The Bertz CT molecular complexity index is 1150. The molecule has 0 atom stereocenters. The van der Waals surface area contributed by atoms with E-state index in [0.717, 1.165) is 37.4 Å². The molecule has 0 saturated carbocycles. The van der Waals surface area contributed by atoms with Crippen LogP contribution >= 0.6 is 11.8 Å². The number of nitrogens with zero attached hydrogens (tertiary/aromatic N) is 2. The number of likely N-dealkylation sites (tertiary alicyclic amines) is 1. The zero-order valence-corrected chi connectivity index (χ0v) is 23.9. The highest BCUT2D eigenvalue weighted by molar-refractivity contribution is 8.02. The number of piperidine rings is 1. The van der Waals surface area contributed by atoms with Crippen molar-refractivity contribution in [2.75, 3.05) is 39.0 Å². The number of rotatable bonds is 9. The van der Waals surface area contributed by atoms with Crippen molar-refractivity contribution in [2.24, 2.45) is 5.92 Å². The zero-order chi connectivity index (χ0) is 26.7. The molecule has 1 amide bonds. The van der Waals surface area contributed by atoms with E-state index >= 15 is 0 Å². The molecule has 0 aliphatic carbocycles. The SMILES string of the molecule is CC.CN(CCC1CCN(CC2=CC=CSC2)CC1)C(=O)c1ccc(S(=O)(=O)Cc2ccccc2)cc1. The van der Waals surface area contributed by atoms with Gasteiger partial charge in [0.05, 0.1) is 10.6 Å². The Balaban J connectivity index is 0.00000186. The molecule has 2 aliphatic rings. The van der Waals surface area contributed by atoms with Gasteiger partial charge in [-0.25, -0.2) is 8.42 Å². The summed E-state index contributed by atoms with van der Waals surface area (Å²) in [5.74, 6) is 1.63. The van der Waals surface area contributed by atoms with Crippen molar-refractivity contribution in [2.45, 2.75) is 43.8 Å². The van der Waals surface area contributed by atoms with E-state index in [4.69, 9.17) is 0 Å². The molecule has 0 bridgehead atoms. The van der Waals surface area contributed by atoms with Crippen molar-refractivity contribution >= 4 is 27.5 Å². The molecule has 5 nitrogen and oxygen atoms in total. The van der Waals surface area contributed by atoms with Crippen LogP contribution in [0.1, 0.15) is 49.0 Å². The van der Waals surface area contributed by atoms with Gasteiger partial charge in [-0.05, 0) is 79.1 Å². The van der Waals surface area contributed by atoms with Gasteiger partial charge in [0, 0.05) is 31.5 Å². The van der Waals surface area contributed by atoms with Gasteiger partial charge in [0.1, 0.15) is 0 Å². The number of carbonyl (C=O) groups excluding carboxylic acids is 1. The first-order valence-electron chi connectivity index (χ1n) is 13.2. The first-order chi connectivity index (χ1) is 17.9. The second-order valence-corrected chi connectivity index (χ2v) is 12.4. The summed E-state index contributed by atoms with van der Waals surface area (Å²) in [7, 11) is -1.62. The van der Waals surface area contributed by atoms with E-state index < -0.39 is 9.84 Å². The van der Waals surface area contributed by atoms with Crippen molar-refractivity contribution in [3.63, 3.8) is 0 Å². The monoisotopic (exact) mass is 540 g/mol. The molecule has 7 heteroatoms. The molecule has 37 heavy (non-hydrogen) atoms. The number of carbonyl (C=O) groups is 1. The van der Waals surface area contributed by atoms with E-state index in [0.29, 0.717) is 18.0 Å². The average molecular weight is 541 g/mol. The minimum absolute atomic E-state index is 0.0482. The molecule has 0 spiro atoms. The molecule has 0 unspecified atom stereocenters. The van der Waals surface area contributed by atoms with Gasteiger partial charge in [-0.1, -0.05) is 56.3 Å². The maximum absolute atomic E-state index is 12.9. The summed E-state index contributed by atoms with van der Waals surface area (Å²) in [6.07, 6.45) is 7.73. The highest BCUT2D eigenvalue weighted by atomic mass is 32.2. The molecule has 2 aliphatic heterocycles. The molecule has 200 valence electrons. The molecular weight excluding hydrogens is 500 g/mol. The molecule has 2 aromatic rings. The van der Waals surface area contributed by atoms with Crippen LogP contribution < -0.4 is 0 Å². The Hall–Kier alpha value is -2.35. The summed E-state index contributed by atoms with van der Waals surface area (Å²) in [5, 5.41) is 2.15. The van der Waals surface area contributed by atoms with Crippen molar-refractivity contribution < 1.29 is 13.2 Å². The van der Waals surface area contributed by atoms with Crippen LogP contribution in [0.5, 0.6) is 0 Å². The third-order valence-electron chi connectivity index (χ3n) is 6.79. The van der Waals surface area contributed by atoms with Crippen LogP contribution in [0.3, 0.4) is 0 Å². The van der Waals surface area contributed by atoms with Gasteiger partial charge >= 0.3 is 0 Å². The molecule has 4 rings (SSSR count). The lowest BCUT2D eigenvalue weighted by atomic mass is 9.93. The molecule has 1 fully saturated rings. The van der Waals surface area contributed by atoms with E-state index in [9.17, 15) is 13.2 Å². The fourth-order valence-electron chi connectivity index (χ4n) is 4.63. The van der Waals surface area contributed by atoms with Crippen LogP contribution in [0.2, 0.25) is 0 Å². The summed E-state index contributed by atoms with van der Waals surface area (Å²) >= 11 is 1.86. The number of hydrogen-bond donors (Lipinski definition) is 0.